The Bertz CT molecular complexity index is 1150. The zero-order chi connectivity index (χ0) is 19.0. The van der Waals surface area contributed by atoms with Crippen molar-refractivity contribution in [3.05, 3.63) is 78.1 Å². The van der Waals surface area contributed by atoms with Gasteiger partial charge in [0.05, 0.1) is 16.1 Å². The third kappa shape index (κ3) is 3.54. The Morgan fingerprint density at radius 1 is 0.926 bits per heavy atom. The van der Waals surface area contributed by atoms with Crippen LogP contribution in [-0.2, 0) is 10.0 Å². The number of amides is 1. The summed E-state index contributed by atoms with van der Waals surface area (Å²) in [6.45, 7) is 0. The van der Waals surface area contributed by atoms with E-state index in [-0.39, 0.29) is 16.5 Å². The fraction of sp³-hybridized carbons (Fsp3) is 0. The van der Waals surface area contributed by atoms with E-state index in [4.69, 9.17) is 0 Å². The Labute approximate surface area is 159 Å². The third-order valence-electron chi connectivity index (χ3n) is 3.96. The monoisotopic (exact) mass is 400 g/mol. The third-order valence-corrected chi connectivity index (χ3v) is 6.49. The predicted octanol–water partition coefficient (Wildman–Crippen LogP) is 4.34. The van der Waals surface area contributed by atoms with Crippen molar-refractivity contribution < 1.29 is 17.6 Å². The highest BCUT2D eigenvalue weighted by molar-refractivity contribution is 7.99. The lowest BCUT2D eigenvalue weighted by Gasteiger charge is -2.11. The molecule has 2 N–H and O–H groups in total. The second kappa shape index (κ2) is 6.71. The molecular weight excluding hydrogens is 387 g/mol. The van der Waals surface area contributed by atoms with E-state index in [2.05, 4.69) is 10.0 Å². The lowest BCUT2D eigenvalue weighted by Crippen LogP contribution is -2.15. The van der Waals surface area contributed by atoms with Crippen LogP contribution in [-0.4, -0.2) is 14.3 Å². The first-order chi connectivity index (χ1) is 12.9. The molecule has 8 heteroatoms. The molecule has 0 fully saturated rings. The molecule has 1 amide bonds. The van der Waals surface area contributed by atoms with Crippen LogP contribution in [0.4, 0.5) is 15.8 Å². The molecule has 0 aromatic heterocycles. The molecule has 27 heavy (non-hydrogen) atoms. The quantitative estimate of drug-likeness (QED) is 0.686. The lowest BCUT2D eigenvalue weighted by atomic mass is 10.2. The molecule has 1 aliphatic rings. The summed E-state index contributed by atoms with van der Waals surface area (Å²) >= 11 is 1.39. The highest BCUT2D eigenvalue weighted by Gasteiger charge is 2.22. The molecular formula is C19H13FN2O3S2. The van der Waals surface area contributed by atoms with Gasteiger partial charge in [-0.2, -0.15) is 0 Å². The Morgan fingerprint density at radius 2 is 1.67 bits per heavy atom. The van der Waals surface area contributed by atoms with Crippen LogP contribution in [0.1, 0.15) is 10.4 Å². The summed E-state index contributed by atoms with van der Waals surface area (Å²) in [6, 6.07) is 16.7. The highest BCUT2D eigenvalue weighted by Crippen LogP contribution is 2.39. The number of halogens is 1. The summed E-state index contributed by atoms with van der Waals surface area (Å²) in [7, 11) is -3.89. The summed E-state index contributed by atoms with van der Waals surface area (Å²) in [5.41, 5.74) is 1.20. The second-order valence-corrected chi connectivity index (χ2v) is 8.59. The van der Waals surface area contributed by atoms with E-state index in [0.29, 0.717) is 11.3 Å². The molecule has 1 heterocycles. The van der Waals surface area contributed by atoms with E-state index < -0.39 is 15.8 Å². The van der Waals surface area contributed by atoms with Crippen molar-refractivity contribution in [3.63, 3.8) is 0 Å². The first-order valence-electron chi connectivity index (χ1n) is 7.93. The summed E-state index contributed by atoms with van der Waals surface area (Å²) in [5.74, 6) is -0.750. The zero-order valence-electron chi connectivity index (χ0n) is 13.8. The van der Waals surface area contributed by atoms with Crippen LogP contribution < -0.4 is 10.0 Å². The largest absolute Gasteiger partial charge is 0.321 e. The van der Waals surface area contributed by atoms with Gasteiger partial charge in [0.1, 0.15) is 5.82 Å². The first kappa shape index (κ1) is 17.6. The molecule has 0 radical (unpaired) electrons. The average molecular weight is 400 g/mol. The average Bonchev–Trinajstić information content (AvgIpc) is 2.79. The highest BCUT2D eigenvalue weighted by atomic mass is 32.2. The number of hydrogen-bond donors (Lipinski definition) is 2. The Kier molecular flexibility index (Phi) is 4.37. The molecule has 0 saturated carbocycles. The Balaban J connectivity index is 1.68. The maximum absolute atomic E-state index is 13.0. The summed E-state index contributed by atoms with van der Waals surface area (Å²) in [5, 5.41) is 2.76. The van der Waals surface area contributed by atoms with E-state index in [1.807, 2.05) is 12.1 Å². The lowest BCUT2D eigenvalue weighted by molar-refractivity contribution is 0.102. The van der Waals surface area contributed by atoms with E-state index >= 15 is 0 Å². The van der Waals surface area contributed by atoms with E-state index in [1.54, 1.807) is 18.2 Å². The fourth-order valence-electron chi connectivity index (χ4n) is 2.65. The smallest absolute Gasteiger partial charge is 0.261 e. The molecule has 4 rings (SSSR count). The van der Waals surface area contributed by atoms with Gasteiger partial charge in [-0.05, 0) is 54.6 Å². The van der Waals surface area contributed by atoms with Crippen LogP contribution >= 0.6 is 11.8 Å². The van der Waals surface area contributed by atoms with Gasteiger partial charge in [0.25, 0.3) is 15.9 Å². The molecule has 0 aliphatic carbocycles. The molecule has 3 aromatic carbocycles. The first-order valence-corrected chi connectivity index (χ1v) is 10.2. The van der Waals surface area contributed by atoms with Crippen LogP contribution in [0.25, 0.3) is 0 Å². The van der Waals surface area contributed by atoms with E-state index in [1.165, 1.54) is 48.2 Å². The van der Waals surface area contributed by atoms with Crippen molar-refractivity contribution in [2.75, 3.05) is 10.0 Å². The van der Waals surface area contributed by atoms with Gasteiger partial charge >= 0.3 is 0 Å². The molecule has 0 atom stereocenters. The normalized spacial score (nSPS) is 13.1. The van der Waals surface area contributed by atoms with E-state index in [9.17, 15) is 17.6 Å². The maximum Gasteiger partial charge on any atom is 0.261 e. The minimum absolute atomic E-state index is 0.00238. The molecule has 1 aliphatic heterocycles. The predicted molar refractivity (Wildman–Crippen MR) is 102 cm³/mol. The molecule has 3 aromatic rings. The summed E-state index contributed by atoms with van der Waals surface area (Å²) < 4.78 is 40.7. The van der Waals surface area contributed by atoms with Crippen LogP contribution in [0, 0.1) is 5.82 Å². The number of hydrogen-bond acceptors (Lipinski definition) is 4. The number of carbonyl (C=O) groups excluding carboxylic acids is 1. The Morgan fingerprint density at radius 3 is 2.44 bits per heavy atom. The van der Waals surface area contributed by atoms with E-state index in [0.717, 1.165) is 9.79 Å². The number of benzene rings is 3. The van der Waals surface area contributed by atoms with Gasteiger partial charge < -0.3 is 5.32 Å². The van der Waals surface area contributed by atoms with Crippen LogP contribution in [0.2, 0.25) is 0 Å². The summed E-state index contributed by atoms with van der Waals surface area (Å²) in [4.78, 5) is 14.0. The standard InChI is InChI=1S/C19H13FN2O3S2/c20-12-5-7-13(8-6-12)22-27(24,25)14-9-10-18-16(11-14)21-19(23)15-3-1-2-4-17(15)26-18/h1-11,22H,(H,21,23). The molecule has 0 spiro atoms. The second-order valence-electron chi connectivity index (χ2n) is 5.82. The van der Waals surface area contributed by atoms with Gasteiger partial charge in [0.15, 0.2) is 0 Å². The van der Waals surface area contributed by atoms with Crippen molar-refractivity contribution in [2.45, 2.75) is 14.7 Å². The molecule has 0 bridgehead atoms. The molecule has 0 unspecified atom stereocenters. The van der Waals surface area contributed by atoms with Crippen molar-refractivity contribution in [2.24, 2.45) is 0 Å². The number of anilines is 2. The van der Waals surface area contributed by atoms with Crippen LogP contribution in [0.5, 0.6) is 0 Å². The van der Waals surface area contributed by atoms with Crippen molar-refractivity contribution in [1.29, 1.82) is 0 Å². The summed E-state index contributed by atoms with van der Waals surface area (Å²) in [6.07, 6.45) is 0. The number of fused-ring (bicyclic) bond motifs is 2. The van der Waals surface area contributed by atoms with Gasteiger partial charge in [0, 0.05) is 15.5 Å². The minimum atomic E-state index is -3.89. The van der Waals surface area contributed by atoms with Crippen molar-refractivity contribution in [1.82, 2.24) is 0 Å². The van der Waals surface area contributed by atoms with Crippen molar-refractivity contribution in [3.8, 4) is 0 Å². The number of sulfonamides is 1. The molecule has 5 nitrogen and oxygen atoms in total. The molecule has 0 saturated heterocycles. The number of rotatable bonds is 3. The van der Waals surface area contributed by atoms with Gasteiger partial charge in [-0.25, -0.2) is 12.8 Å². The SMILES string of the molecule is O=C1Nc2cc(S(=O)(=O)Nc3ccc(F)cc3)ccc2Sc2ccccc21. The number of nitrogens with one attached hydrogen (secondary N) is 2. The number of carbonyl (C=O) groups is 1. The Hall–Kier alpha value is -2.84. The topological polar surface area (TPSA) is 75.3 Å². The zero-order valence-corrected chi connectivity index (χ0v) is 15.4. The minimum Gasteiger partial charge on any atom is -0.321 e. The fourth-order valence-corrected chi connectivity index (χ4v) is 4.74. The van der Waals surface area contributed by atoms with Crippen LogP contribution in [0.3, 0.4) is 0 Å². The van der Waals surface area contributed by atoms with Gasteiger partial charge in [-0.15, -0.1) is 0 Å². The van der Waals surface area contributed by atoms with Gasteiger partial charge in [0.2, 0.25) is 0 Å². The van der Waals surface area contributed by atoms with Gasteiger partial charge in [-0.1, -0.05) is 23.9 Å². The van der Waals surface area contributed by atoms with Crippen molar-refractivity contribution >= 4 is 39.1 Å². The maximum atomic E-state index is 13.0. The van der Waals surface area contributed by atoms with Gasteiger partial charge in [-0.3, -0.25) is 9.52 Å². The van der Waals surface area contributed by atoms with Crippen LogP contribution in [0.15, 0.2) is 81.4 Å². The molecule has 136 valence electrons.